The highest BCUT2D eigenvalue weighted by atomic mass is 32.2. The van der Waals surface area contributed by atoms with Crippen LogP contribution in [0.4, 0.5) is 5.69 Å². The van der Waals surface area contributed by atoms with Gasteiger partial charge in [0.05, 0.1) is 34.1 Å². The van der Waals surface area contributed by atoms with Crippen LogP contribution in [0.2, 0.25) is 0 Å². The highest BCUT2D eigenvalue weighted by Crippen LogP contribution is 2.37. The first-order chi connectivity index (χ1) is 13.7. The maximum atomic E-state index is 13.0. The van der Waals surface area contributed by atoms with Gasteiger partial charge in [-0.25, -0.2) is 13.2 Å². The van der Waals surface area contributed by atoms with Gasteiger partial charge < -0.3 is 24.1 Å². The van der Waals surface area contributed by atoms with Crippen LogP contribution in [0, 0.1) is 0 Å². The summed E-state index contributed by atoms with van der Waals surface area (Å²) in [5, 5.41) is 8.82. The zero-order valence-electron chi connectivity index (χ0n) is 16.3. The number of methoxy groups -OCH3 is 4. The van der Waals surface area contributed by atoms with Gasteiger partial charge >= 0.3 is 5.97 Å². The van der Waals surface area contributed by atoms with E-state index in [1.165, 1.54) is 58.8 Å². The van der Waals surface area contributed by atoms with Crippen molar-refractivity contribution in [1.29, 1.82) is 0 Å². The molecule has 0 spiro atoms. The van der Waals surface area contributed by atoms with Gasteiger partial charge in [0.15, 0.2) is 23.0 Å². The number of hydrogen-bond donors (Lipinski definition) is 2. The lowest BCUT2D eigenvalue weighted by atomic mass is 10.2. The summed E-state index contributed by atoms with van der Waals surface area (Å²) < 4.78 is 49.3. The van der Waals surface area contributed by atoms with Crippen LogP contribution < -0.4 is 23.7 Å². The standard InChI is InChI=1S/C19H21NO8S/c1-25-14-7-6-13(11-15(14)26-2)20-29(23,24)17-10-12(5-8-18(21)22)9-16(27-3)19(17)28-4/h5-11,20H,1-4H3,(H,21,22)/b8-5+. The van der Waals surface area contributed by atoms with Crippen molar-refractivity contribution in [2.75, 3.05) is 33.2 Å². The summed E-state index contributed by atoms with van der Waals surface area (Å²) in [6.45, 7) is 0. The molecule has 0 fully saturated rings. The Morgan fingerprint density at radius 3 is 2.14 bits per heavy atom. The maximum Gasteiger partial charge on any atom is 0.328 e. The second-order valence-electron chi connectivity index (χ2n) is 5.60. The van der Waals surface area contributed by atoms with Crippen LogP contribution in [0.5, 0.6) is 23.0 Å². The third-order valence-electron chi connectivity index (χ3n) is 3.81. The number of sulfonamides is 1. The first-order valence-corrected chi connectivity index (χ1v) is 9.66. The highest BCUT2D eigenvalue weighted by molar-refractivity contribution is 7.92. The van der Waals surface area contributed by atoms with E-state index in [-0.39, 0.29) is 22.1 Å². The number of nitrogens with one attached hydrogen (secondary N) is 1. The van der Waals surface area contributed by atoms with E-state index >= 15 is 0 Å². The fourth-order valence-corrected chi connectivity index (χ4v) is 3.79. The van der Waals surface area contributed by atoms with Crippen LogP contribution in [0.1, 0.15) is 5.56 Å². The van der Waals surface area contributed by atoms with E-state index in [1.54, 1.807) is 6.07 Å². The second kappa shape index (κ2) is 9.20. The summed E-state index contributed by atoms with van der Waals surface area (Å²) in [7, 11) is 1.43. The highest BCUT2D eigenvalue weighted by Gasteiger charge is 2.24. The smallest absolute Gasteiger partial charge is 0.328 e. The summed E-state index contributed by atoms with van der Waals surface area (Å²) in [6.07, 6.45) is 2.14. The molecule has 0 bridgehead atoms. The first kappa shape index (κ1) is 21.9. The molecule has 10 heteroatoms. The molecule has 0 heterocycles. The van der Waals surface area contributed by atoms with Crippen molar-refractivity contribution < 1.29 is 37.3 Å². The predicted octanol–water partition coefficient (Wildman–Crippen LogP) is 2.62. The van der Waals surface area contributed by atoms with Crippen LogP contribution >= 0.6 is 0 Å². The molecule has 2 rings (SSSR count). The quantitative estimate of drug-likeness (QED) is 0.591. The number of ether oxygens (including phenoxy) is 4. The minimum absolute atomic E-state index is 0.0204. The number of benzene rings is 2. The van der Waals surface area contributed by atoms with Crippen LogP contribution in [-0.4, -0.2) is 47.9 Å². The zero-order chi connectivity index (χ0) is 21.6. The normalized spacial score (nSPS) is 11.2. The van der Waals surface area contributed by atoms with Gasteiger partial charge in [-0.3, -0.25) is 4.72 Å². The monoisotopic (exact) mass is 423 g/mol. The van der Waals surface area contributed by atoms with E-state index in [9.17, 15) is 13.2 Å². The Balaban J connectivity index is 2.55. The molecule has 0 saturated carbocycles. The number of aliphatic carboxylic acids is 1. The van der Waals surface area contributed by atoms with Crippen LogP contribution in [-0.2, 0) is 14.8 Å². The molecule has 0 unspecified atom stereocenters. The number of carboxylic acids is 1. The van der Waals surface area contributed by atoms with Gasteiger partial charge in [-0.15, -0.1) is 0 Å². The number of anilines is 1. The van der Waals surface area contributed by atoms with Gasteiger partial charge in [0.2, 0.25) is 0 Å². The molecule has 2 N–H and O–H groups in total. The van der Waals surface area contributed by atoms with Crippen LogP contribution in [0.25, 0.3) is 6.08 Å². The van der Waals surface area contributed by atoms with E-state index in [0.29, 0.717) is 17.1 Å². The molecule has 0 amide bonds. The van der Waals surface area contributed by atoms with Gasteiger partial charge in [0.1, 0.15) is 4.90 Å². The van der Waals surface area contributed by atoms with E-state index < -0.39 is 16.0 Å². The van der Waals surface area contributed by atoms with Gasteiger partial charge in [0.25, 0.3) is 10.0 Å². The lowest BCUT2D eigenvalue weighted by Crippen LogP contribution is -2.15. The third kappa shape index (κ3) is 5.11. The number of hydrogen-bond acceptors (Lipinski definition) is 7. The van der Waals surface area contributed by atoms with Gasteiger partial charge in [-0.2, -0.15) is 0 Å². The molecule has 0 saturated heterocycles. The van der Waals surface area contributed by atoms with Gasteiger partial charge in [-0.05, 0) is 35.9 Å². The van der Waals surface area contributed by atoms with Crippen molar-refractivity contribution in [3.63, 3.8) is 0 Å². The molecule has 2 aromatic carbocycles. The summed E-state index contributed by atoms with van der Waals surface area (Å²) in [6, 6.07) is 7.28. The molecule has 0 aliphatic rings. The minimum atomic E-state index is -4.13. The van der Waals surface area contributed by atoms with E-state index in [2.05, 4.69) is 4.72 Å². The second-order valence-corrected chi connectivity index (χ2v) is 7.25. The van der Waals surface area contributed by atoms with Crippen molar-refractivity contribution in [2.45, 2.75) is 4.90 Å². The van der Waals surface area contributed by atoms with Crippen molar-refractivity contribution >= 4 is 27.8 Å². The van der Waals surface area contributed by atoms with Crippen molar-refractivity contribution in [3.8, 4) is 23.0 Å². The molecule has 2 aromatic rings. The van der Waals surface area contributed by atoms with Gasteiger partial charge in [0, 0.05) is 12.1 Å². The minimum Gasteiger partial charge on any atom is -0.493 e. The summed E-state index contributed by atoms with van der Waals surface area (Å²) in [5.74, 6) is -0.279. The molecule has 0 radical (unpaired) electrons. The largest absolute Gasteiger partial charge is 0.493 e. The molecule has 156 valence electrons. The topological polar surface area (TPSA) is 120 Å². The molecule has 29 heavy (non-hydrogen) atoms. The lowest BCUT2D eigenvalue weighted by molar-refractivity contribution is -0.131. The van der Waals surface area contributed by atoms with E-state index in [0.717, 1.165) is 6.08 Å². The summed E-state index contributed by atoms with van der Waals surface area (Å²) in [5.41, 5.74) is 0.535. The lowest BCUT2D eigenvalue weighted by Gasteiger charge is -2.16. The SMILES string of the molecule is COc1ccc(NS(=O)(=O)c2cc(/C=C/C(=O)O)cc(OC)c2OC)cc1OC. The number of carboxylic acid groups (broad SMARTS) is 1. The van der Waals surface area contributed by atoms with Crippen LogP contribution in [0.3, 0.4) is 0 Å². The average Bonchev–Trinajstić information content (AvgIpc) is 2.70. The third-order valence-corrected chi connectivity index (χ3v) is 5.20. The van der Waals surface area contributed by atoms with E-state index in [1.807, 2.05) is 0 Å². The first-order valence-electron chi connectivity index (χ1n) is 8.17. The van der Waals surface area contributed by atoms with Crippen molar-refractivity contribution in [2.24, 2.45) is 0 Å². The predicted molar refractivity (Wildman–Crippen MR) is 107 cm³/mol. The molecule has 0 aliphatic heterocycles. The molecular formula is C19H21NO8S. The molecule has 0 atom stereocenters. The van der Waals surface area contributed by atoms with Crippen LogP contribution in [0.15, 0.2) is 41.3 Å². The van der Waals surface area contributed by atoms with Crippen molar-refractivity contribution in [1.82, 2.24) is 0 Å². The molecule has 9 nitrogen and oxygen atoms in total. The number of carbonyl (C=O) groups is 1. The van der Waals surface area contributed by atoms with Gasteiger partial charge in [-0.1, -0.05) is 0 Å². The Morgan fingerprint density at radius 1 is 0.931 bits per heavy atom. The number of rotatable bonds is 9. The molecular weight excluding hydrogens is 402 g/mol. The average molecular weight is 423 g/mol. The Morgan fingerprint density at radius 2 is 1.59 bits per heavy atom. The Labute approximate surface area is 168 Å². The summed E-state index contributed by atoms with van der Waals surface area (Å²) >= 11 is 0. The summed E-state index contributed by atoms with van der Waals surface area (Å²) in [4.78, 5) is 10.6. The maximum absolute atomic E-state index is 13.0. The van der Waals surface area contributed by atoms with Crippen molar-refractivity contribution in [3.05, 3.63) is 42.0 Å². The Bertz CT molecular complexity index is 1030. The fourth-order valence-electron chi connectivity index (χ4n) is 2.52. The Kier molecular flexibility index (Phi) is 6.94. The molecule has 0 aromatic heterocycles. The van der Waals surface area contributed by atoms with E-state index in [4.69, 9.17) is 24.1 Å². The molecule has 0 aliphatic carbocycles. The zero-order valence-corrected chi connectivity index (χ0v) is 17.1. The fraction of sp³-hybridized carbons (Fsp3) is 0.211. The Hall–Kier alpha value is -3.40.